The van der Waals surface area contributed by atoms with Crippen LogP contribution in [0.15, 0.2) is 11.6 Å². The lowest BCUT2D eigenvalue weighted by Crippen LogP contribution is -2.58. The average Bonchev–Trinajstić information content (AvgIpc) is 2.87. The second-order valence-electron chi connectivity index (χ2n) is 9.41. The topological polar surface area (TPSA) is 74.6 Å². The molecule has 0 saturated heterocycles. The summed E-state index contributed by atoms with van der Waals surface area (Å²) in [6.45, 7) is 3.84. The van der Waals surface area contributed by atoms with Gasteiger partial charge in [-0.1, -0.05) is 19.4 Å². The zero-order valence-electron chi connectivity index (χ0n) is 15.4. The second-order valence-corrected chi connectivity index (χ2v) is 9.41. The van der Waals surface area contributed by atoms with Gasteiger partial charge in [0.1, 0.15) is 12.2 Å². The fraction of sp³-hybridized carbons (Fsp3) is 0.810. The third-order valence-electron chi connectivity index (χ3n) is 8.72. The number of carbonyl (C=O) groups is 2. The monoisotopic (exact) mass is 346 g/mol. The first-order valence-electron chi connectivity index (χ1n) is 9.87. The highest BCUT2D eigenvalue weighted by molar-refractivity contribution is 5.91. The van der Waals surface area contributed by atoms with Gasteiger partial charge in [-0.15, -0.1) is 0 Å². The van der Waals surface area contributed by atoms with Crippen molar-refractivity contribution in [3.63, 3.8) is 0 Å². The minimum Gasteiger partial charge on any atom is -0.388 e. The summed E-state index contributed by atoms with van der Waals surface area (Å²) < 4.78 is 0. The van der Waals surface area contributed by atoms with Gasteiger partial charge < -0.3 is 10.2 Å². The Morgan fingerprint density at radius 2 is 1.84 bits per heavy atom. The third-order valence-corrected chi connectivity index (χ3v) is 8.72. The fourth-order valence-corrected chi connectivity index (χ4v) is 7.16. The van der Waals surface area contributed by atoms with Crippen molar-refractivity contribution >= 4 is 11.6 Å². The van der Waals surface area contributed by atoms with E-state index in [-0.39, 0.29) is 11.2 Å². The van der Waals surface area contributed by atoms with Gasteiger partial charge in [0, 0.05) is 11.8 Å². The summed E-state index contributed by atoms with van der Waals surface area (Å²) in [6, 6.07) is 0. The number of hydrogen-bond donors (Lipinski definition) is 2. The SMILES string of the molecule is C[C@@]12CCC(=O)C=C1CC[C@H]1[C@H]3CC[C@](O)(C(=O)CO)[C@]3(C)CC[C@@H]12. The summed E-state index contributed by atoms with van der Waals surface area (Å²) >= 11 is 0. The van der Waals surface area contributed by atoms with E-state index in [9.17, 15) is 19.8 Å². The summed E-state index contributed by atoms with van der Waals surface area (Å²) in [4.78, 5) is 24.2. The van der Waals surface area contributed by atoms with Crippen LogP contribution in [0.5, 0.6) is 0 Å². The van der Waals surface area contributed by atoms with Crippen LogP contribution in [0, 0.1) is 28.6 Å². The van der Waals surface area contributed by atoms with E-state index in [2.05, 4.69) is 13.8 Å². The van der Waals surface area contributed by atoms with E-state index in [1.165, 1.54) is 5.57 Å². The lowest BCUT2D eigenvalue weighted by Gasteiger charge is -2.58. The van der Waals surface area contributed by atoms with Crippen molar-refractivity contribution in [3.8, 4) is 0 Å². The Bertz CT molecular complexity index is 652. The van der Waals surface area contributed by atoms with Crippen molar-refractivity contribution in [3.05, 3.63) is 11.6 Å². The molecule has 3 saturated carbocycles. The number of aliphatic hydroxyl groups is 2. The van der Waals surface area contributed by atoms with E-state index in [1.807, 2.05) is 6.08 Å². The van der Waals surface area contributed by atoms with Gasteiger partial charge >= 0.3 is 0 Å². The number of aliphatic hydroxyl groups excluding tert-OH is 1. The van der Waals surface area contributed by atoms with Gasteiger partial charge in [-0.25, -0.2) is 0 Å². The van der Waals surface area contributed by atoms with Crippen LogP contribution in [-0.2, 0) is 9.59 Å². The van der Waals surface area contributed by atoms with Gasteiger partial charge in [-0.3, -0.25) is 9.59 Å². The maximum atomic E-state index is 12.3. The molecule has 4 rings (SSSR count). The van der Waals surface area contributed by atoms with Crippen molar-refractivity contribution in [1.82, 2.24) is 0 Å². The number of Topliss-reactive ketones (excluding diaryl/α,β-unsaturated/α-hetero) is 1. The van der Waals surface area contributed by atoms with Gasteiger partial charge in [0.2, 0.25) is 0 Å². The smallest absolute Gasteiger partial charge is 0.190 e. The predicted molar refractivity (Wildman–Crippen MR) is 93.8 cm³/mol. The van der Waals surface area contributed by atoms with Gasteiger partial charge in [0.25, 0.3) is 0 Å². The van der Waals surface area contributed by atoms with Crippen molar-refractivity contribution in [2.24, 2.45) is 28.6 Å². The molecule has 2 N–H and O–H groups in total. The van der Waals surface area contributed by atoms with Crippen molar-refractivity contribution in [1.29, 1.82) is 0 Å². The number of allylic oxidation sites excluding steroid dienone is 1. The van der Waals surface area contributed by atoms with E-state index < -0.39 is 23.4 Å². The lowest BCUT2D eigenvalue weighted by molar-refractivity contribution is -0.164. The van der Waals surface area contributed by atoms with E-state index >= 15 is 0 Å². The molecule has 3 fully saturated rings. The molecule has 0 spiro atoms. The molecule has 25 heavy (non-hydrogen) atoms. The van der Waals surface area contributed by atoms with Crippen molar-refractivity contribution < 1.29 is 19.8 Å². The van der Waals surface area contributed by atoms with Crippen LogP contribution in [0.25, 0.3) is 0 Å². The summed E-state index contributed by atoms with van der Waals surface area (Å²) in [5.41, 5.74) is -0.333. The highest BCUT2D eigenvalue weighted by Gasteiger charge is 2.65. The molecule has 0 unspecified atom stereocenters. The Labute approximate surface area is 149 Å². The van der Waals surface area contributed by atoms with Gasteiger partial charge in [0.15, 0.2) is 11.6 Å². The molecule has 138 valence electrons. The van der Waals surface area contributed by atoms with Crippen molar-refractivity contribution in [2.75, 3.05) is 6.61 Å². The minimum absolute atomic E-state index is 0.111. The van der Waals surface area contributed by atoms with Crippen LogP contribution < -0.4 is 0 Å². The van der Waals surface area contributed by atoms with Crippen LogP contribution in [0.3, 0.4) is 0 Å². The number of rotatable bonds is 2. The van der Waals surface area contributed by atoms with E-state index in [0.29, 0.717) is 30.6 Å². The van der Waals surface area contributed by atoms with Crippen LogP contribution >= 0.6 is 0 Å². The Morgan fingerprint density at radius 3 is 2.56 bits per heavy atom. The molecule has 6 atom stereocenters. The molecule has 0 aliphatic heterocycles. The summed E-state index contributed by atoms with van der Waals surface area (Å²) in [5.74, 6) is 1.26. The van der Waals surface area contributed by atoms with Crippen LogP contribution in [0.1, 0.15) is 65.2 Å². The number of hydrogen-bond acceptors (Lipinski definition) is 4. The van der Waals surface area contributed by atoms with Crippen LogP contribution in [0.2, 0.25) is 0 Å². The Hall–Kier alpha value is -1.00. The quantitative estimate of drug-likeness (QED) is 0.806. The molecule has 0 aromatic heterocycles. The van der Waals surface area contributed by atoms with E-state index in [1.54, 1.807) is 0 Å². The van der Waals surface area contributed by atoms with E-state index in [0.717, 1.165) is 38.5 Å². The number of carbonyl (C=O) groups excluding carboxylic acids is 2. The molecular formula is C21H30O4. The maximum absolute atomic E-state index is 12.3. The molecule has 4 nitrogen and oxygen atoms in total. The first-order chi connectivity index (χ1) is 11.8. The Morgan fingerprint density at radius 1 is 1.12 bits per heavy atom. The molecule has 0 bridgehead atoms. The maximum Gasteiger partial charge on any atom is 0.190 e. The molecule has 4 heteroatoms. The minimum atomic E-state index is -1.36. The molecular weight excluding hydrogens is 316 g/mol. The fourth-order valence-electron chi connectivity index (χ4n) is 7.16. The zero-order valence-corrected chi connectivity index (χ0v) is 15.4. The first-order valence-corrected chi connectivity index (χ1v) is 9.87. The molecule has 0 heterocycles. The molecule has 0 amide bonds. The third kappa shape index (κ3) is 2.13. The molecule has 4 aliphatic carbocycles. The zero-order chi connectivity index (χ0) is 18.0. The summed E-state index contributed by atoms with van der Waals surface area (Å²) in [5, 5.41) is 20.5. The molecule has 0 radical (unpaired) electrons. The second kappa shape index (κ2) is 5.50. The first kappa shape index (κ1) is 17.4. The normalized spacial score (nSPS) is 49.0. The average molecular weight is 346 g/mol. The van der Waals surface area contributed by atoms with Crippen molar-refractivity contribution in [2.45, 2.75) is 70.8 Å². The predicted octanol–water partition coefficient (Wildman–Crippen LogP) is 2.81. The van der Waals surface area contributed by atoms with Gasteiger partial charge in [-0.2, -0.15) is 0 Å². The van der Waals surface area contributed by atoms with Crippen LogP contribution in [0.4, 0.5) is 0 Å². The Kier molecular flexibility index (Phi) is 3.83. The summed E-state index contributed by atoms with van der Waals surface area (Å²) in [7, 11) is 0. The number of fused-ring (bicyclic) bond motifs is 5. The highest BCUT2D eigenvalue weighted by Crippen LogP contribution is 2.67. The van der Waals surface area contributed by atoms with Gasteiger partial charge in [0.05, 0.1) is 0 Å². The summed E-state index contributed by atoms with van der Waals surface area (Å²) in [6.07, 6.45) is 8.72. The van der Waals surface area contributed by atoms with E-state index in [4.69, 9.17) is 0 Å². The van der Waals surface area contributed by atoms with Crippen LogP contribution in [-0.4, -0.2) is 34.0 Å². The molecule has 4 aliphatic rings. The molecule has 0 aromatic rings. The largest absolute Gasteiger partial charge is 0.388 e. The molecule has 0 aromatic carbocycles. The number of ketones is 2. The standard InChI is InChI=1S/C21H30O4/c1-19-8-5-14(23)11-13(19)3-4-15-16(19)6-9-20(2)17(15)7-10-21(20,25)18(24)12-22/h11,15-17,22,25H,3-10,12H2,1-2H3/t15-,16+,17-,19-,20-,21+/m1/s1. The Balaban J connectivity index is 1.68. The highest BCUT2D eigenvalue weighted by atomic mass is 16.3. The lowest BCUT2D eigenvalue weighted by atomic mass is 9.46. The van der Waals surface area contributed by atoms with Gasteiger partial charge in [-0.05, 0) is 74.2 Å².